The first-order valence-electron chi connectivity index (χ1n) is 5.27. The average molecular weight is 236 g/mol. The van der Waals surface area contributed by atoms with Gasteiger partial charge in [-0.1, -0.05) is 6.92 Å². The van der Waals surface area contributed by atoms with Crippen molar-refractivity contribution in [3.05, 3.63) is 29.6 Å². The minimum absolute atomic E-state index is 0.293. The van der Waals surface area contributed by atoms with E-state index in [2.05, 4.69) is 11.8 Å². The van der Waals surface area contributed by atoms with Gasteiger partial charge in [0, 0.05) is 24.1 Å². The highest BCUT2D eigenvalue weighted by atomic mass is 32.2. The van der Waals surface area contributed by atoms with Gasteiger partial charge in [0.25, 0.3) is 0 Å². The third-order valence-electron chi connectivity index (χ3n) is 2.66. The maximum Gasteiger partial charge on any atom is 0.147 e. The van der Waals surface area contributed by atoms with E-state index in [0.29, 0.717) is 16.5 Å². The predicted octanol–water partition coefficient (Wildman–Crippen LogP) is 2.64. The first kappa shape index (κ1) is 11.3. The molecule has 16 heavy (non-hydrogen) atoms. The van der Waals surface area contributed by atoms with E-state index in [4.69, 9.17) is 5.26 Å². The zero-order valence-corrected chi connectivity index (χ0v) is 9.93. The second-order valence-electron chi connectivity index (χ2n) is 3.91. The Balaban J connectivity index is 2.23. The summed E-state index contributed by atoms with van der Waals surface area (Å²) in [5, 5.41) is 9.20. The predicted molar refractivity (Wildman–Crippen MR) is 65.2 cm³/mol. The van der Waals surface area contributed by atoms with Crippen LogP contribution in [-0.4, -0.2) is 24.1 Å². The smallest absolute Gasteiger partial charge is 0.147 e. The van der Waals surface area contributed by atoms with Crippen molar-refractivity contribution in [1.82, 2.24) is 0 Å². The topological polar surface area (TPSA) is 27.0 Å². The molecule has 0 aromatic heterocycles. The van der Waals surface area contributed by atoms with E-state index in [1.54, 1.807) is 12.1 Å². The second-order valence-corrected chi connectivity index (χ2v) is 5.45. The molecule has 1 aliphatic rings. The van der Waals surface area contributed by atoms with Gasteiger partial charge in [-0.15, -0.1) is 0 Å². The molecule has 0 amide bonds. The summed E-state index contributed by atoms with van der Waals surface area (Å²) in [7, 11) is 0. The maximum atomic E-state index is 13.7. The van der Waals surface area contributed by atoms with Crippen LogP contribution in [0.25, 0.3) is 0 Å². The minimum atomic E-state index is -0.293. The molecule has 2 rings (SSSR count). The Hall–Kier alpha value is -1.21. The third-order valence-corrected chi connectivity index (χ3v) is 3.79. The van der Waals surface area contributed by atoms with Crippen molar-refractivity contribution < 1.29 is 4.39 Å². The van der Waals surface area contributed by atoms with E-state index in [1.807, 2.05) is 17.8 Å². The van der Waals surface area contributed by atoms with Crippen molar-refractivity contribution in [3.8, 4) is 6.07 Å². The minimum Gasteiger partial charge on any atom is -0.367 e. The van der Waals surface area contributed by atoms with Gasteiger partial charge in [-0.25, -0.2) is 4.39 Å². The van der Waals surface area contributed by atoms with Crippen molar-refractivity contribution in [2.45, 2.75) is 12.2 Å². The number of hydrogen-bond donors (Lipinski definition) is 0. The highest BCUT2D eigenvalue weighted by molar-refractivity contribution is 8.00. The van der Waals surface area contributed by atoms with Gasteiger partial charge in [-0.05, 0) is 18.2 Å². The fourth-order valence-electron chi connectivity index (χ4n) is 1.87. The van der Waals surface area contributed by atoms with Crippen LogP contribution in [0.4, 0.5) is 10.1 Å². The normalized spacial score (nSPS) is 20.6. The van der Waals surface area contributed by atoms with Crippen LogP contribution in [0.2, 0.25) is 0 Å². The van der Waals surface area contributed by atoms with Gasteiger partial charge in [-0.3, -0.25) is 0 Å². The second kappa shape index (κ2) is 4.75. The standard InChI is InChI=1S/C12H13FN2S/c1-9-8-15(4-5-16-9)12-3-2-10(7-14)6-11(12)13/h2-3,6,9H,4-5,8H2,1H3. The third kappa shape index (κ3) is 2.30. The van der Waals surface area contributed by atoms with Crippen LogP contribution in [0.5, 0.6) is 0 Å². The molecule has 1 fully saturated rings. The monoisotopic (exact) mass is 236 g/mol. The average Bonchev–Trinajstić information content (AvgIpc) is 2.28. The van der Waals surface area contributed by atoms with Gasteiger partial charge in [0.05, 0.1) is 17.3 Å². The van der Waals surface area contributed by atoms with Crippen LogP contribution >= 0.6 is 11.8 Å². The molecule has 1 aromatic carbocycles. The quantitative estimate of drug-likeness (QED) is 0.750. The van der Waals surface area contributed by atoms with Crippen LogP contribution in [0.1, 0.15) is 12.5 Å². The van der Waals surface area contributed by atoms with Crippen molar-refractivity contribution >= 4 is 17.4 Å². The summed E-state index contributed by atoms with van der Waals surface area (Å²) in [6, 6.07) is 6.63. The molecular weight excluding hydrogens is 223 g/mol. The van der Waals surface area contributed by atoms with Gasteiger partial charge in [0.15, 0.2) is 0 Å². The fraction of sp³-hybridized carbons (Fsp3) is 0.417. The van der Waals surface area contributed by atoms with E-state index in [-0.39, 0.29) is 5.82 Å². The number of benzene rings is 1. The zero-order valence-electron chi connectivity index (χ0n) is 9.11. The van der Waals surface area contributed by atoms with Crippen LogP contribution < -0.4 is 4.90 Å². The molecule has 4 heteroatoms. The van der Waals surface area contributed by atoms with Crippen LogP contribution in [0.3, 0.4) is 0 Å². The molecule has 84 valence electrons. The maximum absolute atomic E-state index is 13.7. The molecule has 1 heterocycles. The number of hydrogen-bond acceptors (Lipinski definition) is 3. The lowest BCUT2D eigenvalue weighted by Crippen LogP contribution is -2.37. The van der Waals surface area contributed by atoms with Gasteiger partial charge in [0.1, 0.15) is 5.82 Å². The summed E-state index contributed by atoms with van der Waals surface area (Å²) < 4.78 is 13.7. The Bertz CT molecular complexity index is 428. The first-order chi connectivity index (χ1) is 7.70. The molecule has 0 bridgehead atoms. The number of thioether (sulfide) groups is 1. The zero-order chi connectivity index (χ0) is 11.5. The molecule has 0 saturated carbocycles. The Labute approximate surface area is 99.1 Å². The summed E-state index contributed by atoms with van der Waals surface area (Å²) in [5.74, 6) is 0.735. The van der Waals surface area contributed by atoms with Crippen molar-refractivity contribution in [2.24, 2.45) is 0 Å². The summed E-state index contributed by atoms with van der Waals surface area (Å²) >= 11 is 1.91. The lowest BCUT2D eigenvalue weighted by atomic mass is 10.2. The van der Waals surface area contributed by atoms with Crippen molar-refractivity contribution in [2.75, 3.05) is 23.7 Å². The largest absolute Gasteiger partial charge is 0.367 e. The molecule has 1 atom stereocenters. The van der Waals surface area contributed by atoms with Gasteiger partial charge < -0.3 is 4.90 Å². The highest BCUT2D eigenvalue weighted by Crippen LogP contribution is 2.26. The fourth-order valence-corrected chi connectivity index (χ4v) is 2.88. The SMILES string of the molecule is CC1CN(c2ccc(C#N)cc2F)CCS1. The molecule has 0 spiro atoms. The van der Waals surface area contributed by atoms with Gasteiger partial charge >= 0.3 is 0 Å². The number of anilines is 1. The van der Waals surface area contributed by atoms with E-state index in [1.165, 1.54) is 6.07 Å². The molecule has 1 unspecified atom stereocenters. The molecule has 2 nitrogen and oxygen atoms in total. The Kier molecular flexibility index (Phi) is 3.35. The lowest BCUT2D eigenvalue weighted by molar-refractivity contribution is 0.616. The number of halogens is 1. The Morgan fingerprint density at radius 1 is 1.56 bits per heavy atom. The molecule has 0 N–H and O–H groups in total. The molecular formula is C12H13FN2S. The van der Waals surface area contributed by atoms with Gasteiger partial charge in [0.2, 0.25) is 0 Å². The molecule has 0 radical (unpaired) electrons. The molecule has 1 saturated heterocycles. The summed E-state index contributed by atoms with van der Waals surface area (Å²) in [5.41, 5.74) is 0.992. The summed E-state index contributed by atoms with van der Waals surface area (Å²) in [4.78, 5) is 2.05. The summed E-state index contributed by atoms with van der Waals surface area (Å²) in [6.45, 7) is 3.89. The Morgan fingerprint density at radius 2 is 2.38 bits per heavy atom. The van der Waals surface area contributed by atoms with Crippen molar-refractivity contribution in [3.63, 3.8) is 0 Å². The van der Waals surface area contributed by atoms with E-state index in [0.717, 1.165) is 18.8 Å². The molecule has 0 aliphatic carbocycles. The molecule has 1 aromatic rings. The van der Waals surface area contributed by atoms with Crippen LogP contribution in [-0.2, 0) is 0 Å². The van der Waals surface area contributed by atoms with Crippen LogP contribution in [0, 0.1) is 17.1 Å². The van der Waals surface area contributed by atoms with Crippen molar-refractivity contribution in [1.29, 1.82) is 5.26 Å². The Morgan fingerprint density at radius 3 is 3.00 bits per heavy atom. The molecule has 1 aliphatic heterocycles. The number of rotatable bonds is 1. The van der Waals surface area contributed by atoms with E-state index < -0.39 is 0 Å². The van der Waals surface area contributed by atoms with E-state index >= 15 is 0 Å². The highest BCUT2D eigenvalue weighted by Gasteiger charge is 2.19. The van der Waals surface area contributed by atoms with E-state index in [9.17, 15) is 4.39 Å². The number of nitriles is 1. The number of nitrogens with zero attached hydrogens (tertiary/aromatic N) is 2. The van der Waals surface area contributed by atoms with Crippen LogP contribution in [0.15, 0.2) is 18.2 Å². The lowest BCUT2D eigenvalue weighted by Gasteiger charge is -2.32. The first-order valence-corrected chi connectivity index (χ1v) is 6.32. The van der Waals surface area contributed by atoms with Gasteiger partial charge in [-0.2, -0.15) is 17.0 Å². The summed E-state index contributed by atoms with van der Waals surface area (Å²) in [6.07, 6.45) is 0.